The van der Waals surface area contributed by atoms with Crippen LogP contribution in [0.5, 0.6) is 0 Å². The van der Waals surface area contributed by atoms with Crippen LogP contribution in [0.4, 0.5) is 0 Å². The molecular formula is C17H33NS. The van der Waals surface area contributed by atoms with E-state index in [9.17, 15) is 0 Å². The lowest BCUT2D eigenvalue weighted by molar-refractivity contribution is -0.0161. The van der Waals surface area contributed by atoms with Gasteiger partial charge in [-0.2, -0.15) is 0 Å². The Hall–Kier alpha value is -0.370. The quantitative estimate of drug-likeness (QED) is 0.537. The van der Waals surface area contributed by atoms with Crippen LogP contribution in [0.1, 0.15) is 76.6 Å². The van der Waals surface area contributed by atoms with Crippen molar-refractivity contribution in [1.29, 1.82) is 0 Å². The molecule has 2 aliphatic carbocycles. The molecule has 0 bridgehead atoms. The maximum absolute atomic E-state index is 4.03. The molecule has 1 nitrogen and oxygen atoms in total. The summed E-state index contributed by atoms with van der Waals surface area (Å²) in [5, 5.41) is 1.15. The van der Waals surface area contributed by atoms with Crippen molar-refractivity contribution in [2.45, 2.75) is 80.6 Å². The molecule has 0 N–H and O–H groups in total. The second-order valence-corrected chi connectivity index (χ2v) is 6.80. The smallest absolute Gasteiger partial charge is 0.0896 e. The van der Waals surface area contributed by atoms with Gasteiger partial charge in [-0.05, 0) is 50.9 Å². The predicted octanol–water partition coefficient (Wildman–Crippen LogP) is 6.40. The molecule has 0 radical (unpaired) electrons. The lowest BCUT2D eigenvalue weighted by Gasteiger charge is -2.53. The second-order valence-electron chi connectivity index (χ2n) is 5.36. The van der Waals surface area contributed by atoms with Crippen molar-refractivity contribution in [1.82, 2.24) is 4.98 Å². The SMILES string of the molecule is CC.CC.CC1CC2(CCC2)C1.Cc1cnc(C)s1. The van der Waals surface area contributed by atoms with Gasteiger partial charge in [-0.3, -0.25) is 0 Å². The molecule has 0 saturated heterocycles. The second kappa shape index (κ2) is 9.52. The Morgan fingerprint density at radius 2 is 1.63 bits per heavy atom. The number of aryl methyl sites for hydroxylation is 2. The molecule has 1 aromatic heterocycles. The number of thiazole rings is 1. The largest absolute Gasteiger partial charge is 0.250 e. The monoisotopic (exact) mass is 283 g/mol. The van der Waals surface area contributed by atoms with Crippen molar-refractivity contribution in [3.05, 3.63) is 16.1 Å². The summed E-state index contributed by atoms with van der Waals surface area (Å²) in [4.78, 5) is 5.32. The molecule has 2 aliphatic rings. The van der Waals surface area contributed by atoms with Gasteiger partial charge in [0.15, 0.2) is 0 Å². The zero-order valence-corrected chi connectivity index (χ0v) is 14.9. The molecule has 2 heteroatoms. The van der Waals surface area contributed by atoms with Crippen molar-refractivity contribution in [2.75, 3.05) is 0 Å². The van der Waals surface area contributed by atoms with Crippen LogP contribution in [0, 0.1) is 25.2 Å². The molecular weight excluding hydrogens is 250 g/mol. The zero-order valence-electron chi connectivity index (χ0n) is 14.0. The van der Waals surface area contributed by atoms with Crippen molar-refractivity contribution in [2.24, 2.45) is 11.3 Å². The molecule has 0 atom stereocenters. The Labute approximate surface area is 124 Å². The summed E-state index contributed by atoms with van der Waals surface area (Å²) in [6, 6.07) is 0. The van der Waals surface area contributed by atoms with E-state index >= 15 is 0 Å². The van der Waals surface area contributed by atoms with Crippen LogP contribution in [0.15, 0.2) is 6.20 Å². The van der Waals surface area contributed by atoms with E-state index in [2.05, 4.69) is 18.8 Å². The van der Waals surface area contributed by atoms with Crippen LogP contribution < -0.4 is 0 Å². The lowest BCUT2D eigenvalue weighted by atomic mass is 9.52. The molecule has 0 aliphatic heterocycles. The summed E-state index contributed by atoms with van der Waals surface area (Å²) < 4.78 is 0. The van der Waals surface area contributed by atoms with Crippen molar-refractivity contribution in [3.8, 4) is 0 Å². The highest BCUT2D eigenvalue weighted by atomic mass is 32.1. The van der Waals surface area contributed by atoms with E-state index in [1.165, 1.54) is 11.3 Å². The first kappa shape index (κ1) is 18.6. The fraction of sp³-hybridized carbons (Fsp3) is 0.824. The Bertz CT molecular complexity index is 301. The highest BCUT2D eigenvalue weighted by molar-refractivity contribution is 7.11. The first-order valence-corrected chi connectivity index (χ1v) is 8.80. The summed E-state index contributed by atoms with van der Waals surface area (Å²) in [6.07, 6.45) is 9.61. The third-order valence-electron chi connectivity index (χ3n) is 3.71. The fourth-order valence-electron chi connectivity index (χ4n) is 2.97. The van der Waals surface area contributed by atoms with E-state index in [1.807, 2.05) is 40.8 Å². The Balaban J connectivity index is 0.000000273. The Kier molecular flexibility index (Phi) is 9.34. The van der Waals surface area contributed by atoms with Gasteiger partial charge in [0.1, 0.15) is 0 Å². The maximum Gasteiger partial charge on any atom is 0.0896 e. The van der Waals surface area contributed by atoms with Gasteiger partial charge in [-0.15, -0.1) is 11.3 Å². The number of aromatic nitrogens is 1. The summed E-state index contributed by atoms with van der Waals surface area (Å²) in [6.45, 7) is 14.5. The lowest BCUT2D eigenvalue weighted by Crippen LogP contribution is -2.41. The Morgan fingerprint density at radius 3 is 1.74 bits per heavy atom. The molecule has 112 valence electrons. The highest BCUT2D eigenvalue weighted by Crippen LogP contribution is 2.58. The van der Waals surface area contributed by atoms with Crippen molar-refractivity contribution in [3.63, 3.8) is 0 Å². The van der Waals surface area contributed by atoms with E-state index in [1.54, 1.807) is 37.0 Å². The van der Waals surface area contributed by atoms with E-state index in [0.29, 0.717) is 0 Å². The first-order valence-electron chi connectivity index (χ1n) is 7.99. The normalized spacial score (nSPS) is 18.5. The molecule has 0 unspecified atom stereocenters. The fourth-order valence-corrected chi connectivity index (χ4v) is 3.65. The van der Waals surface area contributed by atoms with Gasteiger partial charge in [0.2, 0.25) is 0 Å². The topological polar surface area (TPSA) is 12.9 Å². The van der Waals surface area contributed by atoms with Crippen LogP contribution in [0.3, 0.4) is 0 Å². The van der Waals surface area contributed by atoms with Crippen molar-refractivity contribution >= 4 is 11.3 Å². The molecule has 1 heterocycles. The van der Waals surface area contributed by atoms with E-state index in [4.69, 9.17) is 0 Å². The van der Waals surface area contributed by atoms with Crippen LogP contribution in [-0.2, 0) is 0 Å². The minimum Gasteiger partial charge on any atom is -0.250 e. The summed E-state index contributed by atoms with van der Waals surface area (Å²) in [7, 11) is 0. The minimum absolute atomic E-state index is 0.916. The van der Waals surface area contributed by atoms with Gasteiger partial charge in [0.05, 0.1) is 5.01 Å². The number of hydrogen-bond donors (Lipinski definition) is 0. The molecule has 3 rings (SSSR count). The number of nitrogens with zero attached hydrogens (tertiary/aromatic N) is 1. The van der Waals surface area contributed by atoms with Gasteiger partial charge in [-0.1, -0.05) is 41.0 Å². The number of rotatable bonds is 0. The summed E-state index contributed by atoms with van der Waals surface area (Å²) in [5.74, 6) is 1.07. The van der Waals surface area contributed by atoms with Crippen LogP contribution in [0.25, 0.3) is 0 Å². The molecule has 0 amide bonds. The van der Waals surface area contributed by atoms with Gasteiger partial charge in [0.25, 0.3) is 0 Å². The summed E-state index contributed by atoms with van der Waals surface area (Å²) in [5.41, 5.74) is 0.916. The van der Waals surface area contributed by atoms with E-state index in [0.717, 1.165) is 16.3 Å². The predicted molar refractivity (Wildman–Crippen MR) is 89.0 cm³/mol. The third-order valence-corrected chi connectivity index (χ3v) is 4.54. The van der Waals surface area contributed by atoms with Gasteiger partial charge in [0, 0.05) is 11.1 Å². The zero-order chi connectivity index (χ0) is 14.9. The van der Waals surface area contributed by atoms with Crippen molar-refractivity contribution < 1.29 is 0 Å². The molecule has 19 heavy (non-hydrogen) atoms. The average Bonchev–Trinajstić information content (AvgIpc) is 2.73. The minimum atomic E-state index is 0.916. The number of hydrogen-bond acceptors (Lipinski definition) is 2. The van der Waals surface area contributed by atoms with Crippen LogP contribution >= 0.6 is 11.3 Å². The van der Waals surface area contributed by atoms with E-state index < -0.39 is 0 Å². The van der Waals surface area contributed by atoms with Gasteiger partial charge < -0.3 is 0 Å². The van der Waals surface area contributed by atoms with Gasteiger partial charge >= 0.3 is 0 Å². The molecule has 0 aromatic carbocycles. The molecule has 2 fully saturated rings. The van der Waals surface area contributed by atoms with E-state index in [-0.39, 0.29) is 0 Å². The first-order chi connectivity index (χ1) is 9.10. The Morgan fingerprint density at radius 1 is 1.11 bits per heavy atom. The van der Waals surface area contributed by atoms with Crippen LogP contribution in [-0.4, -0.2) is 4.98 Å². The van der Waals surface area contributed by atoms with Crippen LogP contribution in [0.2, 0.25) is 0 Å². The third kappa shape index (κ3) is 6.07. The average molecular weight is 284 g/mol. The maximum atomic E-state index is 4.03. The highest BCUT2D eigenvalue weighted by Gasteiger charge is 2.45. The summed E-state index contributed by atoms with van der Waals surface area (Å²) >= 11 is 1.73. The standard InChI is InChI=1S/C8H14.C5H7NS.2C2H6/c1-7-5-8(6-7)3-2-4-8;1-4-3-6-5(2)7-4;2*1-2/h7H,2-6H2,1H3;3H,1-2H3;2*1-2H3. The molecule has 2 saturated carbocycles. The molecule has 1 aromatic rings. The van der Waals surface area contributed by atoms with Gasteiger partial charge in [-0.25, -0.2) is 4.98 Å². The molecule has 1 spiro atoms.